The van der Waals surface area contributed by atoms with Gasteiger partial charge in [-0.3, -0.25) is 24.3 Å². The van der Waals surface area contributed by atoms with Crippen LogP contribution in [0.25, 0.3) is 22.5 Å². The lowest BCUT2D eigenvalue weighted by Gasteiger charge is -2.36. The fourth-order valence-corrected chi connectivity index (χ4v) is 9.69. The molecule has 4 heterocycles. The summed E-state index contributed by atoms with van der Waals surface area (Å²) in [6, 6.07) is 13.6. The Morgan fingerprint density at radius 3 is 2.28 bits per heavy atom. The Morgan fingerprint density at radius 1 is 0.961 bits per heavy atom. The number of amides is 3. The molecule has 0 spiro atoms. The van der Waals surface area contributed by atoms with Crippen molar-refractivity contribution in [3.8, 4) is 34.3 Å². The number of carbonyl (C=O) groups is 3. The van der Waals surface area contributed by atoms with Crippen molar-refractivity contribution in [2.75, 3.05) is 36.2 Å². The van der Waals surface area contributed by atoms with Crippen LogP contribution in [0.3, 0.4) is 0 Å². The zero-order valence-corrected chi connectivity index (χ0v) is 42.6. The molecule has 2 saturated heterocycles. The number of halogens is 8. The summed E-state index contributed by atoms with van der Waals surface area (Å²) in [5.41, 5.74) is -8.03. The van der Waals surface area contributed by atoms with E-state index >= 15 is 8.78 Å². The summed E-state index contributed by atoms with van der Waals surface area (Å²) in [5, 5.41) is 33.5. The van der Waals surface area contributed by atoms with Crippen LogP contribution in [0.5, 0.6) is 5.75 Å². The van der Waals surface area contributed by atoms with Crippen LogP contribution in [0, 0.1) is 28.4 Å². The fraction of sp³-hybridized carbons (Fsp3) is 0.404. The molecular formula is C52H52F8N8O7S. The molecule has 7 rings (SSSR count). The Kier molecular flexibility index (Phi) is 16.3. The minimum absolute atomic E-state index is 0.0245. The van der Waals surface area contributed by atoms with E-state index in [1.165, 1.54) is 24.8 Å². The molecule has 3 aromatic carbocycles. The number of imidazole rings is 1. The van der Waals surface area contributed by atoms with Gasteiger partial charge >= 0.3 is 12.4 Å². The average molecular weight is 1090 g/mol. The third kappa shape index (κ3) is 11.5. The second-order valence-corrected chi connectivity index (χ2v) is 20.1. The number of aromatic nitrogens is 3. The average Bonchev–Trinajstić information content (AvgIpc) is 4.00. The van der Waals surface area contributed by atoms with Gasteiger partial charge in [-0.1, -0.05) is 51.1 Å². The normalized spacial score (nSPS) is 17.8. The number of rotatable bonds is 16. The summed E-state index contributed by atoms with van der Waals surface area (Å²) in [7, 11) is 1.74. The SMILES string of the molecule is Cn1c(-c2ccccc2)cnc1C(O)[C@@H]1C[C@@H](O)CN1C(=O)[C@@H](NC(=O)COCCCCOc1ccc(-c2ncc(N3C(=S)N(c4ccc(C#N)c(C(F)(F)F)c4F)C(=O)C3(C)C)cc2F)c(C(F)(F)F)c1)C(C)(C)C. The maximum atomic E-state index is 15.9. The molecule has 1 unspecified atom stereocenters. The predicted molar refractivity (Wildman–Crippen MR) is 264 cm³/mol. The van der Waals surface area contributed by atoms with E-state index < -0.39 is 122 Å². The molecule has 0 aliphatic carbocycles. The van der Waals surface area contributed by atoms with E-state index in [2.05, 4.69) is 15.3 Å². The van der Waals surface area contributed by atoms with Gasteiger partial charge in [-0.25, -0.2) is 13.8 Å². The van der Waals surface area contributed by atoms with E-state index in [1.54, 1.807) is 38.6 Å². The van der Waals surface area contributed by atoms with Crippen LogP contribution in [-0.2, 0) is 38.5 Å². The molecule has 2 aromatic heterocycles. The summed E-state index contributed by atoms with van der Waals surface area (Å²) in [6.45, 7) is 7.15. The van der Waals surface area contributed by atoms with Crippen molar-refractivity contribution in [2.24, 2.45) is 12.5 Å². The Hall–Kier alpha value is -7.07. The first-order valence-electron chi connectivity index (χ1n) is 23.7. The smallest absolute Gasteiger partial charge is 0.420 e. The number of unbranched alkanes of at least 4 members (excludes halogenated alkanes) is 1. The molecule has 2 aliphatic heterocycles. The Morgan fingerprint density at radius 2 is 1.64 bits per heavy atom. The molecule has 4 atom stereocenters. The van der Waals surface area contributed by atoms with E-state index in [9.17, 15) is 56.2 Å². The summed E-state index contributed by atoms with van der Waals surface area (Å²) < 4.78 is 129. The van der Waals surface area contributed by atoms with Gasteiger partial charge in [0.1, 0.15) is 47.1 Å². The number of nitriles is 1. The Labute approximate surface area is 436 Å². The highest BCUT2D eigenvalue weighted by Gasteiger charge is 2.53. The van der Waals surface area contributed by atoms with Crippen molar-refractivity contribution in [3.05, 3.63) is 113 Å². The summed E-state index contributed by atoms with van der Waals surface area (Å²) in [5.74, 6) is -5.39. The molecule has 0 radical (unpaired) electrons. The number of hydrogen-bond donors (Lipinski definition) is 3. The van der Waals surface area contributed by atoms with Crippen molar-refractivity contribution in [2.45, 2.75) is 96.1 Å². The lowest BCUT2D eigenvalue weighted by Crippen LogP contribution is -2.57. The van der Waals surface area contributed by atoms with Crippen LogP contribution in [0.4, 0.5) is 46.5 Å². The number of alkyl halides is 6. The van der Waals surface area contributed by atoms with E-state index in [-0.39, 0.29) is 44.0 Å². The summed E-state index contributed by atoms with van der Waals surface area (Å²) >= 11 is 5.38. The number of carbonyl (C=O) groups excluding carboxylic acids is 3. The zero-order chi connectivity index (χ0) is 55.8. The zero-order valence-electron chi connectivity index (χ0n) is 41.8. The minimum Gasteiger partial charge on any atom is -0.494 e. The molecular weight excluding hydrogens is 1030 g/mol. The fourth-order valence-electron chi connectivity index (χ4n) is 9.17. The standard InChI is InChI=1S/C52H52F8N8O7S/c1-49(2,3)44(46(72)66-26-31(69)21-37(66)43(71)45-63-25-38(65(45)6)28-12-8-7-9-13-28)64-39(70)27-74-18-10-11-19-75-32-15-16-33(34(22-32)51(55,56)57)42-35(53)20-30(24-62-42)68-48(76)67(47(73)50(68,4)5)36-17-14-29(23-61)40(41(36)54)52(58,59)60/h7-9,12-17,20,22,24-25,31,37,43-44,69,71H,10-11,18-19,21,26-27H2,1-6H3,(H,64,70)/t31-,37+,43?,44-/m1/s1. The van der Waals surface area contributed by atoms with Gasteiger partial charge in [0.25, 0.3) is 5.91 Å². The number of pyridine rings is 1. The van der Waals surface area contributed by atoms with E-state index in [0.717, 1.165) is 46.6 Å². The maximum absolute atomic E-state index is 15.9. The van der Waals surface area contributed by atoms with Crippen LogP contribution < -0.4 is 19.9 Å². The Bertz CT molecular complexity index is 3070. The number of ether oxygens (including phenoxy) is 2. The van der Waals surface area contributed by atoms with Crippen molar-refractivity contribution >= 4 is 46.4 Å². The molecule has 2 aliphatic rings. The van der Waals surface area contributed by atoms with Crippen molar-refractivity contribution in [1.82, 2.24) is 24.8 Å². The number of anilines is 2. The molecule has 404 valence electrons. The molecule has 76 heavy (non-hydrogen) atoms. The second kappa shape index (κ2) is 21.9. The van der Waals surface area contributed by atoms with Gasteiger partial charge in [0, 0.05) is 31.8 Å². The highest BCUT2D eigenvalue weighted by Crippen LogP contribution is 2.44. The number of hydrogen-bond acceptors (Lipinski definition) is 11. The third-order valence-electron chi connectivity index (χ3n) is 13.0. The summed E-state index contributed by atoms with van der Waals surface area (Å²) in [6.07, 6.45) is -9.46. The first-order valence-corrected chi connectivity index (χ1v) is 24.1. The molecule has 3 N–H and O–H groups in total. The largest absolute Gasteiger partial charge is 0.494 e. The molecule has 0 bridgehead atoms. The number of β-amino-alcohol motifs (C(OH)–C–C–N with tert-alkyl or cyclic N) is 1. The number of benzene rings is 3. The van der Waals surface area contributed by atoms with E-state index in [1.807, 2.05) is 30.3 Å². The molecule has 15 nitrogen and oxygen atoms in total. The highest BCUT2D eigenvalue weighted by atomic mass is 32.1. The van der Waals surface area contributed by atoms with E-state index in [4.69, 9.17) is 21.7 Å². The molecule has 0 saturated carbocycles. The first kappa shape index (κ1) is 56.7. The van der Waals surface area contributed by atoms with Gasteiger partial charge in [0.15, 0.2) is 16.7 Å². The first-order chi connectivity index (χ1) is 35.6. The monoisotopic (exact) mass is 1080 g/mol. The van der Waals surface area contributed by atoms with Crippen molar-refractivity contribution < 1.29 is 69.2 Å². The number of thiocarbonyl (C=S) groups is 1. The van der Waals surface area contributed by atoms with Gasteiger partial charge in [0.2, 0.25) is 11.8 Å². The number of aliphatic hydroxyl groups is 2. The number of nitrogens with zero attached hydrogens (tertiary/aromatic N) is 7. The van der Waals surface area contributed by atoms with E-state index in [0.29, 0.717) is 29.3 Å². The molecule has 5 aromatic rings. The molecule has 2 fully saturated rings. The summed E-state index contributed by atoms with van der Waals surface area (Å²) in [4.78, 5) is 52.0. The van der Waals surface area contributed by atoms with Crippen molar-refractivity contribution in [3.63, 3.8) is 0 Å². The van der Waals surface area contributed by atoms with Crippen LogP contribution in [-0.4, -0.2) is 103 Å². The topological polar surface area (TPSA) is 186 Å². The van der Waals surface area contributed by atoms with Gasteiger partial charge in [-0.2, -0.15) is 31.6 Å². The third-order valence-corrected chi connectivity index (χ3v) is 13.4. The lowest BCUT2D eigenvalue weighted by molar-refractivity contribution is -0.143. The van der Waals surface area contributed by atoms with Gasteiger partial charge < -0.3 is 39.4 Å². The van der Waals surface area contributed by atoms with Crippen LogP contribution >= 0.6 is 12.2 Å². The van der Waals surface area contributed by atoms with Gasteiger partial charge in [0.05, 0.1) is 65.4 Å². The number of aliphatic hydroxyl groups excluding tert-OH is 2. The van der Waals surface area contributed by atoms with Crippen LogP contribution in [0.1, 0.15) is 82.5 Å². The second-order valence-electron chi connectivity index (χ2n) is 19.8. The van der Waals surface area contributed by atoms with Crippen LogP contribution in [0.2, 0.25) is 0 Å². The van der Waals surface area contributed by atoms with Gasteiger partial charge in [-0.05, 0) is 86.6 Å². The number of nitrogens with one attached hydrogen (secondary N) is 1. The van der Waals surface area contributed by atoms with Gasteiger partial charge in [-0.15, -0.1) is 0 Å². The van der Waals surface area contributed by atoms with Crippen LogP contribution in [0.15, 0.2) is 79.1 Å². The lowest BCUT2D eigenvalue weighted by atomic mass is 9.85. The molecule has 24 heteroatoms. The minimum atomic E-state index is -5.34. The quantitative estimate of drug-likeness (QED) is 0.0486. The number of likely N-dealkylation sites (tertiary alicyclic amines) is 1. The highest BCUT2D eigenvalue weighted by molar-refractivity contribution is 7.81. The van der Waals surface area contributed by atoms with Crippen molar-refractivity contribution in [1.29, 1.82) is 5.26 Å². The molecule has 3 amide bonds. The Balaban J connectivity index is 0.940. The maximum Gasteiger partial charge on any atom is 0.420 e. The predicted octanol–water partition coefficient (Wildman–Crippen LogP) is 8.66.